The lowest BCUT2D eigenvalue weighted by atomic mass is 10.1. The van der Waals surface area contributed by atoms with Crippen molar-refractivity contribution in [2.45, 2.75) is 20.3 Å². The minimum atomic E-state index is 0.0471. The van der Waals surface area contributed by atoms with Gasteiger partial charge in [0.2, 0.25) is 0 Å². The van der Waals surface area contributed by atoms with Gasteiger partial charge in [-0.25, -0.2) is 5.11 Å². The fourth-order valence-electron chi connectivity index (χ4n) is 0.611. The van der Waals surface area contributed by atoms with Crippen LogP contribution in [0, 0.1) is 5.92 Å². The zero-order chi connectivity index (χ0) is 6.41. The molecule has 0 saturated carbocycles. The van der Waals surface area contributed by atoms with Gasteiger partial charge in [0.1, 0.15) is 0 Å². The Labute approximate surface area is 51.0 Å². The predicted molar refractivity (Wildman–Crippen MR) is 34.1 cm³/mol. The molecule has 1 radical (unpaired) electrons. The number of allylic oxidation sites excluding steroid dienone is 2. The fourth-order valence-corrected chi connectivity index (χ4v) is 0.611. The van der Waals surface area contributed by atoms with E-state index in [-0.39, 0.29) is 6.61 Å². The van der Waals surface area contributed by atoms with Crippen molar-refractivity contribution in [3.8, 4) is 0 Å². The highest BCUT2D eigenvalue weighted by atomic mass is 16.2. The van der Waals surface area contributed by atoms with Gasteiger partial charge in [0.15, 0.2) is 0 Å². The van der Waals surface area contributed by atoms with Gasteiger partial charge in [0.05, 0.1) is 6.61 Å². The maximum Gasteiger partial charge on any atom is 0.0827 e. The lowest BCUT2D eigenvalue weighted by Crippen LogP contribution is -1.91. The molecular weight excluding hydrogens is 100 g/mol. The van der Waals surface area contributed by atoms with Crippen LogP contribution in [0.25, 0.3) is 0 Å². The zero-order valence-corrected chi connectivity index (χ0v) is 5.55. The quantitative estimate of drug-likeness (QED) is 0.499. The molecule has 47 valence electrons. The molecule has 8 heavy (non-hydrogen) atoms. The summed E-state index contributed by atoms with van der Waals surface area (Å²) in [4.78, 5) is 0. The van der Waals surface area contributed by atoms with Crippen LogP contribution in [0.2, 0.25) is 0 Å². The SMILES string of the molecule is CC=CC(C)CC[O]. The molecule has 0 heterocycles. The summed E-state index contributed by atoms with van der Waals surface area (Å²) in [6.45, 7) is 4.07. The van der Waals surface area contributed by atoms with E-state index in [0.29, 0.717) is 5.92 Å². The molecule has 0 saturated heterocycles. The molecule has 0 aliphatic heterocycles. The minimum absolute atomic E-state index is 0.0471. The summed E-state index contributed by atoms with van der Waals surface area (Å²) >= 11 is 0. The van der Waals surface area contributed by atoms with Crippen LogP contribution in [0.4, 0.5) is 0 Å². The Morgan fingerprint density at radius 2 is 2.25 bits per heavy atom. The van der Waals surface area contributed by atoms with E-state index >= 15 is 0 Å². The van der Waals surface area contributed by atoms with Gasteiger partial charge in [-0.15, -0.1) is 0 Å². The summed E-state index contributed by atoms with van der Waals surface area (Å²) in [6.07, 6.45) is 4.81. The van der Waals surface area contributed by atoms with Crippen molar-refractivity contribution in [3.63, 3.8) is 0 Å². The predicted octanol–water partition coefficient (Wildman–Crippen LogP) is 2.02. The first-order valence-electron chi connectivity index (χ1n) is 3.02. The molecule has 0 bridgehead atoms. The van der Waals surface area contributed by atoms with Gasteiger partial charge in [0.25, 0.3) is 0 Å². The molecule has 0 aliphatic rings. The summed E-state index contributed by atoms with van der Waals surface area (Å²) in [5, 5.41) is 9.98. The molecule has 0 aromatic carbocycles. The zero-order valence-electron chi connectivity index (χ0n) is 5.55. The largest absolute Gasteiger partial charge is 0.237 e. The highest BCUT2D eigenvalue weighted by Gasteiger charge is 1.92. The minimum Gasteiger partial charge on any atom is -0.237 e. The van der Waals surface area contributed by atoms with Gasteiger partial charge in [-0.1, -0.05) is 19.1 Å². The summed E-state index contributed by atoms with van der Waals surface area (Å²) in [5.41, 5.74) is 0. The van der Waals surface area contributed by atoms with E-state index in [1.807, 2.05) is 13.0 Å². The smallest absolute Gasteiger partial charge is 0.0827 e. The second kappa shape index (κ2) is 4.85. The molecule has 0 rings (SSSR count). The first-order valence-corrected chi connectivity index (χ1v) is 3.02. The van der Waals surface area contributed by atoms with Crippen molar-refractivity contribution in [2.75, 3.05) is 6.61 Å². The van der Waals surface area contributed by atoms with Crippen LogP contribution >= 0.6 is 0 Å². The Balaban J connectivity index is 3.17. The van der Waals surface area contributed by atoms with Crippen molar-refractivity contribution in [2.24, 2.45) is 5.92 Å². The van der Waals surface area contributed by atoms with Crippen molar-refractivity contribution in [1.29, 1.82) is 0 Å². The Kier molecular flexibility index (Phi) is 4.67. The highest BCUT2D eigenvalue weighted by molar-refractivity contribution is 4.82. The Hall–Kier alpha value is -0.300. The molecule has 0 amide bonds. The van der Waals surface area contributed by atoms with Gasteiger partial charge >= 0.3 is 0 Å². The van der Waals surface area contributed by atoms with Crippen molar-refractivity contribution >= 4 is 0 Å². The first kappa shape index (κ1) is 7.70. The lowest BCUT2D eigenvalue weighted by Gasteiger charge is -1.98. The number of rotatable bonds is 3. The standard InChI is InChI=1S/C7H13O/c1-3-4-7(2)5-6-8/h3-4,7H,5-6H2,1-2H3. The molecule has 1 heteroatoms. The number of hydrogen-bond donors (Lipinski definition) is 0. The molecule has 0 N–H and O–H groups in total. The molecule has 0 aromatic rings. The Morgan fingerprint density at radius 1 is 1.62 bits per heavy atom. The summed E-state index contributed by atoms with van der Waals surface area (Å²) in [6, 6.07) is 0. The third-order valence-electron chi connectivity index (χ3n) is 1.09. The maximum atomic E-state index is 9.98. The number of hydrogen-bond acceptors (Lipinski definition) is 0. The van der Waals surface area contributed by atoms with Gasteiger partial charge in [0, 0.05) is 0 Å². The molecule has 1 atom stereocenters. The van der Waals surface area contributed by atoms with Crippen molar-refractivity contribution in [3.05, 3.63) is 12.2 Å². The van der Waals surface area contributed by atoms with Crippen LogP contribution < -0.4 is 0 Å². The van der Waals surface area contributed by atoms with Gasteiger partial charge in [-0.3, -0.25) is 0 Å². The van der Waals surface area contributed by atoms with E-state index in [0.717, 1.165) is 6.42 Å². The molecule has 0 spiro atoms. The van der Waals surface area contributed by atoms with Crippen molar-refractivity contribution < 1.29 is 5.11 Å². The van der Waals surface area contributed by atoms with Crippen LogP contribution in [-0.2, 0) is 5.11 Å². The fraction of sp³-hybridized carbons (Fsp3) is 0.714. The Bertz CT molecular complexity index is 66.8. The van der Waals surface area contributed by atoms with E-state index in [9.17, 15) is 5.11 Å². The lowest BCUT2D eigenvalue weighted by molar-refractivity contribution is 0.180. The molecule has 1 unspecified atom stereocenters. The molecule has 1 nitrogen and oxygen atoms in total. The van der Waals surface area contributed by atoms with E-state index in [1.54, 1.807) is 0 Å². The van der Waals surface area contributed by atoms with Crippen molar-refractivity contribution in [1.82, 2.24) is 0 Å². The van der Waals surface area contributed by atoms with Crippen LogP contribution in [0.5, 0.6) is 0 Å². The first-order chi connectivity index (χ1) is 3.81. The van der Waals surface area contributed by atoms with Gasteiger partial charge < -0.3 is 0 Å². The van der Waals surface area contributed by atoms with Crippen LogP contribution in [0.15, 0.2) is 12.2 Å². The van der Waals surface area contributed by atoms with Gasteiger partial charge in [-0.2, -0.15) is 0 Å². The monoisotopic (exact) mass is 113 g/mol. The topological polar surface area (TPSA) is 19.9 Å². The molecular formula is C7H13O. The van der Waals surface area contributed by atoms with E-state index in [2.05, 4.69) is 13.0 Å². The second-order valence-electron chi connectivity index (χ2n) is 2.00. The van der Waals surface area contributed by atoms with E-state index in [1.165, 1.54) is 0 Å². The summed E-state index contributed by atoms with van der Waals surface area (Å²) in [7, 11) is 0. The average Bonchev–Trinajstić information content (AvgIpc) is 1.68. The normalized spacial score (nSPS) is 14.9. The molecule has 0 fully saturated rings. The van der Waals surface area contributed by atoms with Crippen LogP contribution in [-0.4, -0.2) is 6.61 Å². The molecule has 0 aromatic heterocycles. The Morgan fingerprint density at radius 3 is 2.62 bits per heavy atom. The van der Waals surface area contributed by atoms with Crippen LogP contribution in [0.1, 0.15) is 20.3 Å². The van der Waals surface area contributed by atoms with E-state index in [4.69, 9.17) is 0 Å². The second-order valence-corrected chi connectivity index (χ2v) is 2.00. The van der Waals surface area contributed by atoms with Crippen LogP contribution in [0.3, 0.4) is 0 Å². The average molecular weight is 113 g/mol. The van der Waals surface area contributed by atoms with Gasteiger partial charge in [-0.05, 0) is 19.3 Å². The third kappa shape index (κ3) is 3.88. The summed E-state index contributed by atoms with van der Waals surface area (Å²) in [5.74, 6) is 0.470. The molecule has 0 aliphatic carbocycles. The highest BCUT2D eigenvalue weighted by Crippen LogP contribution is 2.01. The third-order valence-corrected chi connectivity index (χ3v) is 1.09. The van der Waals surface area contributed by atoms with E-state index < -0.39 is 0 Å². The summed E-state index contributed by atoms with van der Waals surface area (Å²) < 4.78 is 0. The maximum absolute atomic E-state index is 9.98.